The molecule has 1 saturated heterocycles. The number of amides is 1. The minimum Gasteiger partial charge on any atom is -0.490 e. The molecule has 1 heterocycles. The number of rotatable bonds is 9. The SMILES string of the molecule is CCOC(=O)c1ccc(N=C2S/C(=C\c3cc(Br)c(OCc4ccc(C)cc4)c(OCC)c3)C(=O)N2C)cc1. The van der Waals surface area contributed by atoms with E-state index in [-0.39, 0.29) is 11.9 Å². The van der Waals surface area contributed by atoms with E-state index < -0.39 is 0 Å². The van der Waals surface area contributed by atoms with Crippen LogP contribution in [0.1, 0.15) is 40.9 Å². The number of nitrogens with zero attached hydrogens (tertiary/aromatic N) is 2. The van der Waals surface area contributed by atoms with Gasteiger partial charge in [0, 0.05) is 7.05 Å². The molecule has 7 nitrogen and oxygen atoms in total. The first-order valence-corrected chi connectivity index (χ1v) is 14.1. The smallest absolute Gasteiger partial charge is 0.338 e. The molecule has 202 valence electrons. The van der Waals surface area contributed by atoms with E-state index in [0.29, 0.717) is 52.6 Å². The first kappa shape index (κ1) is 28.4. The number of halogens is 1. The molecule has 0 unspecified atom stereocenters. The van der Waals surface area contributed by atoms with Crippen molar-refractivity contribution in [2.45, 2.75) is 27.4 Å². The second-order valence-electron chi connectivity index (χ2n) is 8.67. The number of carbonyl (C=O) groups is 2. The lowest BCUT2D eigenvalue weighted by Gasteiger charge is -2.15. The van der Waals surface area contributed by atoms with Crippen LogP contribution in [0.2, 0.25) is 0 Å². The Kier molecular flexibility index (Phi) is 9.48. The summed E-state index contributed by atoms with van der Waals surface area (Å²) in [5, 5.41) is 0.539. The van der Waals surface area contributed by atoms with Crippen molar-refractivity contribution in [1.82, 2.24) is 4.90 Å². The van der Waals surface area contributed by atoms with E-state index in [1.807, 2.05) is 44.2 Å². The maximum Gasteiger partial charge on any atom is 0.338 e. The van der Waals surface area contributed by atoms with Gasteiger partial charge in [-0.25, -0.2) is 9.79 Å². The minimum absolute atomic E-state index is 0.157. The number of benzene rings is 3. The number of carbonyl (C=O) groups excluding carboxylic acids is 2. The van der Waals surface area contributed by atoms with Gasteiger partial charge < -0.3 is 14.2 Å². The lowest BCUT2D eigenvalue weighted by Crippen LogP contribution is -2.23. The molecular weight excluding hydrogens is 580 g/mol. The molecule has 0 radical (unpaired) electrons. The molecule has 0 aromatic heterocycles. The summed E-state index contributed by atoms with van der Waals surface area (Å²) in [6.45, 7) is 6.91. The highest BCUT2D eigenvalue weighted by Gasteiger charge is 2.30. The van der Waals surface area contributed by atoms with E-state index in [9.17, 15) is 9.59 Å². The largest absolute Gasteiger partial charge is 0.490 e. The Hall–Kier alpha value is -3.56. The van der Waals surface area contributed by atoms with E-state index in [4.69, 9.17) is 14.2 Å². The molecule has 1 amide bonds. The van der Waals surface area contributed by atoms with Gasteiger partial charge >= 0.3 is 5.97 Å². The lowest BCUT2D eigenvalue weighted by atomic mass is 10.1. The fraction of sp³-hybridized carbons (Fsp3) is 0.233. The number of amidine groups is 1. The van der Waals surface area contributed by atoms with Crippen molar-refractivity contribution in [2.24, 2.45) is 4.99 Å². The summed E-state index contributed by atoms with van der Waals surface area (Å²) in [6, 6.07) is 18.7. The molecule has 0 spiro atoms. The predicted octanol–water partition coefficient (Wildman–Crippen LogP) is 7.15. The zero-order valence-electron chi connectivity index (χ0n) is 22.2. The summed E-state index contributed by atoms with van der Waals surface area (Å²) in [5.74, 6) is 0.658. The number of thioether (sulfide) groups is 1. The summed E-state index contributed by atoms with van der Waals surface area (Å²) < 4.78 is 17.7. The molecular formula is C30H29BrN2O5S. The fourth-order valence-electron chi connectivity index (χ4n) is 3.71. The Morgan fingerprint density at radius 1 is 1.03 bits per heavy atom. The van der Waals surface area contributed by atoms with Crippen LogP contribution in [0, 0.1) is 6.92 Å². The minimum atomic E-state index is -0.381. The number of esters is 1. The summed E-state index contributed by atoms with van der Waals surface area (Å²) in [7, 11) is 1.69. The molecule has 9 heteroatoms. The zero-order chi connectivity index (χ0) is 27.9. The van der Waals surface area contributed by atoms with Gasteiger partial charge in [-0.15, -0.1) is 0 Å². The van der Waals surface area contributed by atoms with Crippen LogP contribution in [-0.2, 0) is 16.1 Å². The average Bonchev–Trinajstić information content (AvgIpc) is 3.17. The van der Waals surface area contributed by atoms with Crippen molar-refractivity contribution in [2.75, 3.05) is 20.3 Å². The van der Waals surface area contributed by atoms with E-state index >= 15 is 0 Å². The van der Waals surface area contributed by atoms with Gasteiger partial charge in [0.05, 0.1) is 33.8 Å². The zero-order valence-corrected chi connectivity index (χ0v) is 24.6. The second-order valence-corrected chi connectivity index (χ2v) is 10.5. The third kappa shape index (κ3) is 7.10. The number of ether oxygens (including phenoxy) is 3. The molecule has 0 N–H and O–H groups in total. The number of hydrogen-bond donors (Lipinski definition) is 0. The van der Waals surface area contributed by atoms with Gasteiger partial charge in [-0.2, -0.15) is 0 Å². The van der Waals surface area contributed by atoms with Crippen molar-refractivity contribution in [1.29, 1.82) is 0 Å². The molecule has 3 aromatic rings. The second kappa shape index (κ2) is 13.0. The van der Waals surface area contributed by atoms with Gasteiger partial charge in [-0.05, 0) is 102 Å². The fourth-order valence-corrected chi connectivity index (χ4v) is 5.28. The third-order valence-electron chi connectivity index (χ3n) is 5.74. The van der Waals surface area contributed by atoms with E-state index in [1.165, 1.54) is 22.2 Å². The molecule has 3 aromatic carbocycles. The first-order chi connectivity index (χ1) is 18.8. The van der Waals surface area contributed by atoms with E-state index in [1.54, 1.807) is 38.2 Å². The highest BCUT2D eigenvalue weighted by atomic mass is 79.9. The van der Waals surface area contributed by atoms with Crippen LogP contribution in [-0.4, -0.2) is 42.2 Å². The Balaban J connectivity index is 1.54. The summed E-state index contributed by atoms with van der Waals surface area (Å²) in [6.07, 6.45) is 1.81. The van der Waals surface area contributed by atoms with Gasteiger partial charge in [0.25, 0.3) is 5.91 Å². The van der Waals surface area contributed by atoms with Gasteiger partial charge in [0.2, 0.25) is 0 Å². The van der Waals surface area contributed by atoms with Crippen LogP contribution >= 0.6 is 27.7 Å². The van der Waals surface area contributed by atoms with Crippen molar-refractivity contribution >= 4 is 56.5 Å². The van der Waals surface area contributed by atoms with Crippen LogP contribution in [0.15, 0.2) is 75.0 Å². The highest BCUT2D eigenvalue weighted by molar-refractivity contribution is 9.10. The van der Waals surface area contributed by atoms with Gasteiger partial charge in [0.15, 0.2) is 16.7 Å². The van der Waals surface area contributed by atoms with E-state index in [0.717, 1.165) is 15.6 Å². The van der Waals surface area contributed by atoms with Crippen LogP contribution in [0.5, 0.6) is 11.5 Å². The monoisotopic (exact) mass is 608 g/mol. The third-order valence-corrected chi connectivity index (χ3v) is 7.39. The maximum atomic E-state index is 13.0. The molecule has 1 aliphatic heterocycles. The lowest BCUT2D eigenvalue weighted by molar-refractivity contribution is -0.121. The normalized spacial score (nSPS) is 15.2. The molecule has 0 saturated carbocycles. The summed E-state index contributed by atoms with van der Waals surface area (Å²) >= 11 is 4.90. The number of aryl methyl sites for hydroxylation is 1. The quantitative estimate of drug-likeness (QED) is 0.190. The molecule has 39 heavy (non-hydrogen) atoms. The maximum absolute atomic E-state index is 13.0. The van der Waals surface area contributed by atoms with Crippen LogP contribution in [0.25, 0.3) is 6.08 Å². The Labute approximate surface area is 241 Å². The first-order valence-electron chi connectivity index (χ1n) is 12.5. The highest BCUT2D eigenvalue weighted by Crippen LogP contribution is 2.40. The average molecular weight is 610 g/mol. The van der Waals surface area contributed by atoms with E-state index in [2.05, 4.69) is 33.1 Å². The van der Waals surface area contributed by atoms with Crippen LogP contribution < -0.4 is 9.47 Å². The van der Waals surface area contributed by atoms with Crippen LogP contribution in [0.4, 0.5) is 5.69 Å². The van der Waals surface area contributed by atoms with Crippen molar-refractivity contribution in [3.8, 4) is 11.5 Å². The molecule has 0 atom stereocenters. The molecule has 1 aliphatic rings. The topological polar surface area (TPSA) is 77.4 Å². The Morgan fingerprint density at radius 2 is 1.74 bits per heavy atom. The van der Waals surface area contributed by atoms with Gasteiger partial charge in [-0.1, -0.05) is 29.8 Å². The Bertz CT molecular complexity index is 1420. The van der Waals surface area contributed by atoms with Crippen LogP contribution in [0.3, 0.4) is 0 Å². The molecule has 1 fully saturated rings. The van der Waals surface area contributed by atoms with Crippen molar-refractivity contribution < 1.29 is 23.8 Å². The summed E-state index contributed by atoms with van der Waals surface area (Å²) in [4.78, 5) is 31.5. The van der Waals surface area contributed by atoms with Crippen molar-refractivity contribution in [3.05, 3.63) is 92.3 Å². The van der Waals surface area contributed by atoms with Gasteiger partial charge in [-0.3, -0.25) is 9.69 Å². The number of hydrogen-bond acceptors (Lipinski definition) is 7. The number of likely N-dealkylation sites (N-methyl/N-ethyl adjacent to an activating group) is 1. The van der Waals surface area contributed by atoms with Crippen molar-refractivity contribution in [3.63, 3.8) is 0 Å². The molecule has 0 bridgehead atoms. The standard InChI is InChI=1S/C30H29BrN2O5S/c1-5-36-25-16-21(15-24(31)27(25)38-18-20-9-7-19(3)8-10-20)17-26-28(34)33(4)30(39-26)32-23-13-11-22(12-14-23)29(35)37-6-2/h7-17H,5-6,18H2,1-4H3/b26-17-,32-30?. The Morgan fingerprint density at radius 3 is 2.41 bits per heavy atom. The predicted molar refractivity (Wildman–Crippen MR) is 159 cm³/mol. The molecule has 4 rings (SSSR count). The van der Waals surface area contributed by atoms with Gasteiger partial charge in [0.1, 0.15) is 6.61 Å². The molecule has 0 aliphatic carbocycles. The summed E-state index contributed by atoms with van der Waals surface area (Å²) in [5.41, 5.74) is 4.11. The number of aliphatic imine (C=N–C) groups is 1.